The number of benzene rings is 8. The minimum atomic E-state index is -0.446. The van der Waals surface area contributed by atoms with Gasteiger partial charge in [-0.05, 0) is 47.7 Å². The Kier molecular flexibility index (Phi) is 18.9. The minimum Gasteiger partial charge on any atom is -0.780 e. The van der Waals surface area contributed by atoms with Crippen molar-refractivity contribution in [3.05, 3.63) is 243 Å². The Morgan fingerprint density at radius 2 is 0.340 bits per heavy atom. The van der Waals surface area contributed by atoms with E-state index >= 15 is 0 Å². The molecule has 0 amide bonds. The molecule has 0 aromatic heterocycles. The summed E-state index contributed by atoms with van der Waals surface area (Å²) in [6.07, 6.45) is 0. The molecule has 0 fully saturated rings. The minimum absolute atomic E-state index is 0. The van der Waals surface area contributed by atoms with E-state index < -0.39 is 15.8 Å². The third-order valence-corrected chi connectivity index (χ3v) is 13.0. The molecule has 0 saturated carbocycles. The van der Waals surface area contributed by atoms with Gasteiger partial charge in [0.15, 0.2) is 0 Å². The molecule has 0 bridgehead atoms. The van der Waals surface area contributed by atoms with E-state index in [1.54, 1.807) is 0 Å². The van der Waals surface area contributed by atoms with E-state index in [1.165, 1.54) is 31.8 Å². The van der Waals surface area contributed by atoms with E-state index in [4.69, 9.17) is 25.3 Å². The third kappa shape index (κ3) is 14.2. The molecule has 8 aromatic rings. The zero-order valence-electron chi connectivity index (χ0n) is 29.1. The van der Waals surface area contributed by atoms with Crippen molar-refractivity contribution in [3.63, 3.8) is 0 Å². The van der Waals surface area contributed by atoms with Gasteiger partial charge in [0.05, 0.1) is 0 Å². The number of hydrogen-bond acceptors (Lipinski definition) is 2. The van der Waals surface area contributed by atoms with Gasteiger partial charge in [0.25, 0.3) is 0 Å². The van der Waals surface area contributed by atoms with Crippen LogP contribution in [0.1, 0.15) is 0 Å². The van der Waals surface area contributed by atoms with Crippen molar-refractivity contribution >= 4 is 72.9 Å². The summed E-state index contributed by atoms with van der Waals surface area (Å²) in [7, 11) is -0.892. The molecule has 8 rings (SSSR count). The summed E-state index contributed by atoms with van der Waals surface area (Å²) >= 11 is 9.62. The Morgan fingerprint density at radius 1 is 0.208 bits per heavy atom. The molecule has 5 heteroatoms. The van der Waals surface area contributed by atoms with Gasteiger partial charge in [0, 0.05) is 0 Å². The molecular weight excluding hydrogens is 898 g/mol. The monoisotopic (exact) mass is 937 g/mol. The Balaban J connectivity index is 0.000000172. The number of hydrogen-bond donors (Lipinski definition) is 0. The molecule has 0 atom stereocenters. The molecule has 0 unspecified atom stereocenters. The van der Waals surface area contributed by atoms with Crippen LogP contribution in [0.2, 0.25) is 0 Å². The summed E-state index contributed by atoms with van der Waals surface area (Å²) in [5.74, 6) is 0. The molecule has 0 aliphatic heterocycles. The SMILES string of the molecule is [Pt+2].[S-]c1ccccc1.[S-]c1ccccc1.c1ccc(P(c2ccccc2)c2ccccc2)cc1.c1ccc(P(c2ccccc2)c2ccccc2)cc1. The second kappa shape index (κ2) is 24.1. The largest absolute Gasteiger partial charge is 2.00 e. The Bertz CT molecular complexity index is 1730. The van der Waals surface area contributed by atoms with Crippen molar-refractivity contribution in [2.75, 3.05) is 0 Å². The molecule has 0 heterocycles. The van der Waals surface area contributed by atoms with E-state index in [1.807, 2.05) is 60.7 Å². The summed E-state index contributed by atoms with van der Waals surface area (Å²) in [5, 5.41) is 8.39. The zero-order chi connectivity index (χ0) is 36.1. The third-order valence-electron chi connectivity index (χ3n) is 7.57. The predicted molar refractivity (Wildman–Crippen MR) is 234 cm³/mol. The first-order chi connectivity index (χ1) is 25.7. The topological polar surface area (TPSA) is 0 Å². The van der Waals surface area contributed by atoms with E-state index in [2.05, 4.69) is 182 Å². The molecule has 0 radical (unpaired) electrons. The van der Waals surface area contributed by atoms with Crippen LogP contribution in [0.3, 0.4) is 0 Å². The van der Waals surface area contributed by atoms with Crippen molar-refractivity contribution in [1.82, 2.24) is 0 Å². The van der Waals surface area contributed by atoms with Crippen LogP contribution in [0.15, 0.2) is 252 Å². The zero-order valence-corrected chi connectivity index (χ0v) is 34.8. The average molecular weight is 938 g/mol. The first kappa shape index (κ1) is 41.5. The molecule has 0 saturated heterocycles. The van der Waals surface area contributed by atoms with Gasteiger partial charge < -0.3 is 25.3 Å². The summed E-state index contributed by atoms with van der Waals surface area (Å²) < 4.78 is 0. The molecule has 8 aromatic carbocycles. The maximum absolute atomic E-state index is 4.81. The van der Waals surface area contributed by atoms with E-state index in [0.29, 0.717) is 0 Å². The fourth-order valence-corrected chi connectivity index (χ4v) is 10.1. The van der Waals surface area contributed by atoms with Crippen molar-refractivity contribution in [3.8, 4) is 0 Å². The van der Waals surface area contributed by atoms with E-state index in [-0.39, 0.29) is 21.1 Å². The molecule has 0 nitrogen and oxygen atoms in total. The van der Waals surface area contributed by atoms with E-state index in [9.17, 15) is 0 Å². The van der Waals surface area contributed by atoms with E-state index in [0.717, 1.165) is 9.79 Å². The van der Waals surface area contributed by atoms with Gasteiger partial charge in [-0.25, -0.2) is 0 Å². The predicted octanol–water partition coefficient (Wildman–Crippen LogP) is 10.1. The first-order valence-electron chi connectivity index (χ1n) is 17.0. The summed E-state index contributed by atoms with van der Waals surface area (Å²) in [6, 6.07) is 83.9. The van der Waals surface area contributed by atoms with Crippen molar-refractivity contribution < 1.29 is 21.1 Å². The smallest absolute Gasteiger partial charge is 0.780 e. The summed E-state index contributed by atoms with van der Waals surface area (Å²) in [4.78, 5) is 1.81. The van der Waals surface area contributed by atoms with Gasteiger partial charge in [0.2, 0.25) is 0 Å². The molecule has 0 spiro atoms. The van der Waals surface area contributed by atoms with Gasteiger partial charge >= 0.3 is 21.1 Å². The standard InChI is InChI=1S/2C18H15P.2C6H6S.Pt/c2*1-4-10-16(11-5-1)19(17-12-6-2-7-13-17)18-14-8-3-9-15-18;2*7-6-4-2-1-3-5-6;/h2*1-15H;2*1-5,7H;/q;;;;+2/p-2. The quantitative estimate of drug-likeness (QED) is 0.120. The fourth-order valence-electron chi connectivity index (χ4n) is 5.20. The Labute approximate surface area is 344 Å². The van der Waals surface area contributed by atoms with Gasteiger partial charge in [-0.1, -0.05) is 243 Å². The maximum Gasteiger partial charge on any atom is 2.00 e. The second-order valence-electron chi connectivity index (χ2n) is 11.3. The molecule has 0 aliphatic carbocycles. The van der Waals surface area contributed by atoms with Crippen LogP contribution < -0.4 is 31.8 Å². The summed E-state index contributed by atoms with van der Waals surface area (Å²) in [5.41, 5.74) is 0. The maximum atomic E-state index is 4.81. The fraction of sp³-hybridized carbons (Fsp3) is 0. The Morgan fingerprint density at radius 3 is 0.453 bits per heavy atom. The van der Waals surface area contributed by atoms with Gasteiger partial charge in [-0.3, -0.25) is 0 Å². The van der Waals surface area contributed by atoms with Gasteiger partial charge in [-0.2, -0.15) is 9.79 Å². The van der Waals surface area contributed by atoms with Crippen LogP contribution in [-0.4, -0.2) is 0 Å². The average Bonchev–Trinajstić information content (AvgIpc) is 3.22. The molecule has 53 heavy (non-hydrogen) atoms. The normalized spacial score (nSPS) is 9.85. The van der Waals surface area contributed by atoms with Gasteiger partial charge in [-0.15, -0.1) is 0 Å². The van der Waals surface area contributed by atoms with Crippen LogP contribution in [0, 0.1) is 0 Å². The van der Waals surface area contributed by atoms with Crippen LogP contribution in [0.25, 0.3) is 0 Å². The van der Waals surface area contributed by atoms with Crippen LogP contribution in [0.5, 0.6) is 0 Å². The van der Waals surface area contributed by atoms with Crippen molar-refractivity contribution in [2.24, 2.45) is 0 Å². The molecular formula is C48H40P2PtS2. The molecule has 264 valence electrons. The molecule has 0 aliphatic rings. The Hall–Kier alpha value is -4.25. The van der Waals surface area contributed by atoms with Crippen LogP contribution in [0.4, 0.5) is 0 Å². The van der Waals surface area contributed by atoms with Crippen molar-refractivity contribution in [1.29, 1.82) is 0 Å². The van der Waals surface area contributed by atoms with Crippen LogP contribution in [-0.2, 0) is 46.3 Å². The number of rotatable bonds is 6. The van der Waals surface area contributed by atoms with Crippen LogP contribution >= 0.6 is 15.8 Å². The second-order valence-corrected chi connectivity index (χ2v) is 16.7. The molecule has 0 N–H and O–H groups in total. The van der Waals surface area contributed by atoms with Crippen molar-refractivity contribution in [2.45, 2.75) is 9.79 Å². The first-order valence-corrected chi connectivity index (χ1v) is 20.5. The van der Waals surface area contributed by atoms with Gasteiger partial charge in [0.1, 0.15) is 0 Å². The summed E-state index contributed by atoms with van der Waals surface area (Å²) in [6.45, 7) is 0.